The van der Waals surface area contributed by atoms with Gasteiger partial charge in [-0.1, -0.05) is 6.07 Å². The number of alkyl halides is 3. The van der Waals surface area contributed by atoms with E-state index in [9.17, 15) is 13.2 Å². The van der Waals surface area contributed by atoms with Crippen LogP contribution in [-0.4, -0.2) is 11.9 Å². The van der Waals surface area contributed by atoms with Gasteiger partial charge in [-0.3, -0.25) is 4.90 Å². The molecule has 1 heterocycles. The lowest BCUT2D eigenvalue weighted by Crippen LogP contribution is -2.20. The fourth-order valence-corrected chi connectivity index (χ4v) is 3.58. The van der Waals surface area contributed by atoms with Crippen LogP contribution >= 0.6 is 27.3 Å². The number of thiophene rings is 1. The molecular weight excluding hydrogens is 365 g/mol. The fourth-order valence-electron chi connectivity index (χ4n) is 2.05. The molecule has 7 heteroatoms. The molecule has 0 saturated heterocycles. The van der Waals surface area contributed by atoms with Crippen LogP contribution in [0.15, 0.2) is 34.1 Å². The van der Waals surface area contributed by atoms with E-state index < -0.39 is 11.7 Å². The van der Waals surface area contributed by atoms with Crippen LogP contribution < -0.4 is 5.73 Å². The largest absolute Gasteiger partial charge is 0.416 e. The molecule has 0 unspecified atom stereocenters. The second-order valence-electron chi connectivity index (χ2n) is 4.82. The number of halogens is 4. The van der Waals surface area contributed by atoms with Crippen LogP contribution in [0, 0.1) is 0 Å². The van der Waals surface area contributed by atoms with Gasteiger partial charge in [0, 0.05) is 33.5 Å². The second kappa shape index (κ2) is 6.37. The van der Waals surface area contributed by atoms with E-state index in [1.807, 2.05) is 16.3 Å². The van der Waals surface area contributed by atoms with Crippen LogP contribution in [0.2, 0.25) is 0 Å². The molecule has 0 amide bonds. The molecule has 2 aromatic rings. The van der Waals surface area contributed by atoms with Crippen LogP contribution in [0.4, 0.5) is 18.9 Å². The third-order valence-corrected chi connectivity index (χ3v) is 4.61. The van der Waals surface area contributed by atoms with Crippen molar-refractivity contribution in [2.24, 2.45) is 0 Å². The molecule has 1 aromatic heterocycles. The van der Waals surface area contributed by atoms with Gasteiger partial charge in [0.05, 0.1) is 5.56 Å². The summed E-state index contributed by atoms with van der Waals surface area (Å²) >= 11 is 4.93. The minimum Gasteiger partial charge on any atom is -0.399 e. The maximum Gasteiger partial charge on any atom is 0.416 e. The molecule has 2 rings (SSSR count). The summed E-state index contributed by atoms with van der Waals surface area (Å²) in [5.74, 6) is 0. The molecule has 0 bridgehead atoms. The minimum atomic E-state index is -4.39. The standard InChI is InChI=1S/C14H14BrF3N2S/c1-20(7-12-4-10(15)8-21-12)6-9-2-3-11(19)5-13(9)14(16,17)18/h2-5,8H,6-7,19H2,1H3. The number of anilines is 1. The van der Waals surface area contributed by atoms with Gasteiger partial charge in [-0.2, -0.15) is 13.2 Å². The number of hydrogen-bond acceptors (Lipinski definition) is 3. The third-order valence-electron chi connectivity index (χ3n) is 2.93. The first-order valence-corrected chi connectivity index (χ1v) is 7.80. The number of hydrogen-bond donors (Lipinski definition) is 1. The maximum atomic E-state index is 13.0. The van der Waals surface area contributed by atoms with E-state index in [1.165, 1.54) is 12.1 Å². The molecule has 0 aliphatic rings. The summed E-state index contributed by atoms with van der Waals surface area (Å²) in [5, 5.41) is 1.95. The highest BCUT2D eigenvalue weighted by atomic mass is 79.9. The Morgan fingerprint density at radius 1 is 1.24 bits per heavy atom. The van der Waals surface area contributed by atoms with E-state index in [0.29, 0.717) is 6.54 Å². The zero-order valence-corrected chi connectivity index (χ0v) is 13.6. The average Bonchev–Trinajstić information content (AvgIpc) is 2.75. The Balaban J connectivity index is 2.15. The van der Waals surface area contributed by atoms with Gasteiger partial charge in [0.15, 0.2) is 0 Å². The lowest BCUT2D eigenvalue weighted by Gasteiger charge is -2.19. The second-order valence-corrected chi connectivity index (χ2v) is 6.73. The van der Waals surface area contributed by atoms with Gasteiger partial charge in [0.2, 0.25) is 0 Å². The van der Waals surface area contributed by atoms with Gasteiger partial charge in [0.25, 0.3) is 0 Å². The van der Waals surface area contributed by atoms with Crippen LogP contribution in [-0.2, 0) is 19.3 Å². The number of rotatable bonds is 4. The van der Waals surface area contributed by atoms with Gasteiger partial charge < -0.3 is 5.73 Å². The summed E-state index contributed by atoms with van der Waals surface area (Å²) in [5.41, 5.74) is 5.15. The molecule has 0 saturated carbocycles. The van der Waals surface area contributed by atoms with Crippen molar-refractivity contribution in [3.05, 3.63) is 50.1 Å². The van der Waals surface area contributed by atoms with Crippen molar-refractivity contribution in [2.45, 2.75) is 19.3 Å². The predicted molar refractivity (Wildman–Crippen MR) is 83.0 cm³/mol. The lowest BCUT2D eigenvalue weighted by molar-refractivity contribution is -0.138. The highest BCUT2D eigenvalue weighted by molar-refractivity contribution is 9.10. The van der Waals surface area contributed by atoms with Gasteiger partial charge in [-0.05, 0) is 46.7 Å². The van der Waals surface area contributed by atoms with Gasteiger partial charge in [-0.15, -0.1) is 11.3 Å². The fraction of sp³-hybridized carbons (Fsp3) is 0.286. The molecule has 0 aliphatic carbocycles. The average molecular weight is 379 g/mol. The summed E-state index contributed by atoms with van der Waals surface area (Å²) in [6.45, 7) is 0.808. The Hall–Kier alpha value is -1.05. The van der Waals surface area contributed by atoms with Crippen molar-refractivity contribution in [1.29, 1.82) is 0 Å². The van der Waals surface area contributed by atoms with Crippen LogP contribution in [0.25, 0.3) is 0 Å². The van der Waals surface area contributed by atoms with Crippen LogP contribution in [0.5, 0.6) is 0 Å². The highest BCUT2D eigenvalue weighted by Crippen LogP contribution is 2.34. The van der Waals surface area contributed by atoms with Crippen molar-refractivity contribution >= 4 is 33.0 Å². The quantitative estimate of drug-likeness (QED) is 0.778. The molecule has 0 aliphatic heterocycles. The Morgan fingerprint density at radius 2 is 1.95 bits per heavy atom. The summed E-state index contributed by atoms with van der Waals surface area (Å²) < 4.78 is 40.1. The van der Waals surface area contributed by atoms with E-state index in [2.05, 4.69) is 15.9 Å². The van der Waals surface area contributed by atoms with Crippen molar-refractivity contribution in [1.82, 2.24) is 4.90 Å². The molecule has 114 valence electrons. The first-order valence-electron chi connectivity index (χ1n) is 6.13. The topological polar surface area (TPSA) is 29.3 Å². The molecule has 2 N–H and O–H groups in total. The third kappa shape index (κ3) is 4.46. The van der Waals surface area contributed by atoms with Crippen molar-refractivity contribution in [3.8, 4) is 0 Å². The molecule has 21 heavy (non-hydrogen) atoms. The summed E-state index contributed by atoms with van der Waals surface area (Å²) in [6.07, 6.45) is -4.39. The number of nitrogen functional groups attached to an aromatic ring is 1. The zero-order chi connectivity index (χ0) is 15.6. The molecule has 1 aromatic carbocycles. The summed E-state index contributed by atoms with van der Waals surface area (Å²) in [6, 6.07) is 5.90. The van der Waals surface area contributed by atoms with Crippen LogP contribution in [0.1, 0.15) is 16.0 Å². The first kappa shape index (κ1) is 16.3. The summed E-state index contributed by atoms with van der Waals surface area (Å²) in [4.78, 5) is 2.94. The smallest absolute Gasteiger partial charge is 0.399 e. The van der Waals surface area contributed by atoms with Gasteiger partial charge in [0.1, 0.15) is 0 Å². The number of nitrogens with zero attached hydrogens (tertiary/aromatic N) is 1. The van der Waals surface area contributed by atoms with Crippen molar-refractivity contribution in [3.63, 3.8) is 0 Å². The minimum absolute atomic E-state index is 0.121. The molecule has 2 nitrogen and oxygen atoms in total. The lowest BCUT2D eigenvalue weighted by atomic mass is 10.1. The normalized spacial score (nSPS) is 12.1. The van der Waals surface area contributed by atoms with Crippen molar-refractivity contribution < 1.29 is 13.2 Å². The maximum absolute atomic E-state index is 13.0. The Labute approximate surface area is 133 Å². The highest BCUT2D eigenvalue weighted by Gasteiger charge is 2.33. The Bertz CT molecular complexity index is 625. The Kier molecular flexibility index (Phi) is 4.95. The molecule has 0 radical (unpaired) electrons. The van der Waals surface area contributed by atoms with E-state index in [0.717, 1.165) is 15.4 Å². The van der Waals surface area contributed by atoms with E-state index in [-0.39, 0.29) is 17.8 Å². The van der Waals surface area contributed by atoms with Gasteiger partial charge in [-0.25, -0.2) is 0 Å². The van der Waals surface area contributed by atoms with Gasteiger partial charge >= 0.3 is 6.18 Å². The van der Waals surface area contributed by atoms with E-state index in [4.69, 9.17) is 5.73 Å². The number of nitrogens with two attached hydrogens (primary N) is 1. The molecule has 0 fully saturated rings. The predicted octanol–water partition coefficient (Wildman–Crippen LogP) is 4.74. The van der Waals surface area contributed by atoms with E-state index >= 15 is 0 Å². The van der Waals surface area contributed by atoms with Crippen molar-refractivity contribution in [2.75, 3.05) is 12.8 Å². The Morgan fingerprint density at radius 3 is 2.52 bits per heavy atom. The molecule has 0 spiro atoms. The number of benzene rings is 1. The summed E-state index contributed by atoms with van der Waals surface area (Å²) in [7, 11) is 1.80. The van der Waals surface area contributed by atoms with Crippen LogP contribution in [0.3, 0.4) is 0 Å². The van der Waals surface area contributed by atoms with E-state index in [1.54, 1.807) is 18.4 Å². The SMILES string of the molecule is CN(Cc1cc(Br)cs1)Cc1ccc(N)cc1C(F)(F)F. The first-order chi connectivity index (χ1) is 9.75. The molecule has 0 atom stereocenters. The monoisotopic (exact) mass is 378 g/mol. The zero-order valence-electron chi connectivity index (χ0n) is 11.2. The molecular formula is C14H14BrF3N2S.